The minimum absolute atomic E-state index is 0.0511. The van der Waals surface area contributed by atoms with Gasteiger partial charge in [0.25, 0.3) is 0 Å². The normalized spacial score (nSPS) is 28.0. The zero-order chi connectivity index (χ0) is 12.5. The standard InChI is InChI=1S/C12H22N2O2/c1-5-9(7-13)14-10(15)6-12(4,8(2)3)11(14)16/h8-9H,5-7,13H2,1-4H3. The first kappa shape index (κ1) is 13.2. The second-order valence-corrected chi connectivity index (χ2v) is 5.12. The Morgan fingerprint density at radius 1 is 1.44 bits per heavy atom. The van der Waals surface area contributed by atoms with E-state index in [1.54, 1.807) is 0 Å². The average Bonchev–Trinajstić information content (AvgIpc) is 2.44. The molecule has 0 aromatic rings. The zero-order valence-electron chi connectivity index (χ0n) is 10.6. The Labute approximate surface area is 97.2 Å². The number of hydrogen-bond donors (Lipinski definition) is 1. The van der Waals surface area contributed by atoms with Crippen LogP contribution in [-0.2, 0) is 9.59 Å². The van der Waals surface area contributed by atoms with Crippen molar-refractivity contribution in [1.29, 1.82) is 0 Å². The van der Waals surface area contributed by atoms with E-state index in [0.717, 1.165) is 6.42 Å². The van der Waals surface area contributed by atoms with Crippen LogP contribution >= 0.6 is 0 Å². The van der Waals surface area contributed by atoms with E-state index in [9.17, 15) is 9.59 Å². The lowest BCUT2D eigenvalue weighted by Crippen LogP contribution is -2.46. The molecule has 16 heavy (non-hydrogen) atoms. The van der Waals surface area contributed by atoms with Crippen LogP contribution in [0, 0.1) is 11.3 Å². The Morgan fingerprint density at radius 2 is 2.00 bits per heavy atom. The number of likely N-dealkylation sites (tertiary alicyclic amines) is 1. The summed E-state index contributed by atoms with van der Waals surface area (Å²) < 4.78 is 0. The number of nitrogens with two attached hydrogens (primary N) is 1. The van der Waals surface area contributed by atoms with Gasteiger partial charge in [-0.2, -0.15) is 0 Å². The summed E-state index contributed by atoms with van der Waals surface area (Å²) >= 11 is 0. The zero-order valence-corrected chi connectivity index (χ0v) is 10.6. The van der Waals surface area contributed by atoms with E-state index in [2.05, 4.69) is 0 Å². The lowest BCUT2D eigenvalue weighted by atomic mass is 9.78. The van der Waals surface area contributed by atoms with Crippen molar-refractivity contribution >= 4 is 11.8 Å². The van der Waals surface area contributed by atoms with Gasteiger partial charge in [-0.15, -0.1) is 0 Å². The van der Waals surface area contributed by atoms with Crippen LogP contribution in [0.3, 0.4) is 0 Å². The van der Waals surface area contributed by atoms with Crippen LogP contribution < -0.4 is 5.73 Å². The van der Waals surface area contributed by atoms with E-state index >= 15 is 0 Å². The van der Waals surface area contributed by atoms with Gasteiger partial charge in [0.15, 0.2) is 0 Å². The number of carbonyl (C=O) groups is 2. The van der Waals surface area contributed by atoms with Crippen molar-refractivity contribution in [3.05, 3.63) is 0 Å². The summed E-state index contributed by atoms with van der Waals surface area (Å²) in [6, 6.07) is -0.138. The maximum Gasteiger partial charge on any atom is 0.236 e. The summed E-state index contributed by atoms with van der Waals surface area (Å²) in [7, 11) is 0. The molecule has 4 heteroatoms. The van der Waals surface area contributed by atoms with Gasteiger partial charge in [-0.1, -0.05) is 20.8 Å². The van der Waals surface area contributed by atoms with E-state index in [-0.39, 0.29) is 23.8 Å². The van der Waals surface area contributed by atoms with Gasteiger partial charge < -0.3 is 5.73 Å². The Kier molecular flexibility index (Phi) is 3.73. The Morgan fingerprint density at radius 3 is 2.31 bits per heavy atom. The van der Waals surface area contributed by atoms with E-state index in [0.29, 0.717) is 13.0 Å². The molecule has 2 unspecified atom stereocenters. The van der Waals surface area contributed by atoms with Crippen LogP contribution in [0.25, 0.3) is 0 Å². The lowest BCUT2D eigenvalue weighted by molar-refractivity contribution is -0.144. The van der Waals surface area contributed by atoms with E-state index in [1.807, 2.05) is 27.7 Å². The van der Waals surface area contributed by atoms with Gasteiger partial charge in [0.1, 0.15) is 0 Å². The van der Waals surface area contributed by atoms with Crippen LogP contribution in [0.15, 0.2) is 0 Å². The molecule has 1 fully saturated rings. The molecule has 0 radical (unpaired) electrons. The Hall–Kier alpha value is -0.900. The molecule has 92 valence electrons. The first-order chi connectivity index (χ1) is 7.38. The first-order valence-corrected chi connectivity index (χ1v) is 5.95. The molecule has 0 saturated carbocycles. The fraction of sp³-hybridized carbons (Fsp3) is 0.833. The maximum atomic E-state index is 12.3. The molecule has 2 atom stereocenters. The lowest BCUT2D eigenvalue weighted by Gasteiger charge is -2.29. The highest BCUT2D eigenvalue weighted by molar-refractivity contribution is 6.06. The van der Waals surface area contributed by atoms with Gasteiger partial charge in [0.2, 0.25) is 11.8 Å². The number of rotatable bonds is 4. The van der Waals surface area contributed by atoms with Crippen LogP contribution in [0.1, 0.15) is 40.5 Å². The molecule has 0 aromatic heterocycles. The highest BCUT2D eigenvalue weighted by Crippen LogP contribution is 2.40. The second-order valence-electron chi connectivity index (χ2n) is 5.12. The molecule has 1 saturated heterocycles. The van der Waals surface area contributed by atoms with Crippen LogP contribution in [-0.4, -0.2) is 29.3 Å². The second kappa shape index (κ2) is 4.53. The van der Waals surface area contributed by atoms with E-state index in [1.165, 1.54) is 4.90 Å². The fourth-order valence-corrected chi connectivity index (χ4v) is 2.14. The summed E-state index contributed by atoms with van der Waals surface area (Å²) in [5.74, 6) is 0.0486. The number of hydrogen-bond acceptors (Lipinski definition) is 3. The first-order valence-electron chi connectivity index (χ1n) is 5.95. The SMILES string of the molecule is CCC(CN)N1C(=O)CC(C)(C(C)C)C1=O. The summed E-state index contributed by atoms with van der Waals surface area (Å²) in [5, 5.41) is 0. The molecule has 1 heterocycles. The molecule has 2 N–H and O–H groups in total. The van der Waals surface area contributed by atoms with Crippen molar-refractivity contribution in [2.24, 2.45) is 17.1 Å². The topological polar surface area (TPSA) is 63.4 Å². The minimum atomic E-state index is -0.542. The average molecular weight is 226 g/mol. The van der Waals surface area contributed by atoms with Crippen molar-refractivity contribution in [2.45, 2.75) is 46.6 Å². The van der Waals surface area contributed by atoms with Crippen molar-refractivity contribution in [2.75, 3.05) is 6.54 Å². The smallest absolute Gasteiger partial charge is 0.236 e. The predicted molar refractivity (Wildman–Crippen MR) is 62.5 cm³/mol. The molecule has 2 amide bonds. The van der Waals surface area contributed by atoms with Gasteiger partial charge in [-0.3, -0.25) is 14.5 Å². The number of carbonyl (C=O) groups excluding carboxylic acids is 2. The highest BCUT2D eigenvalue weighted by atomic mass is 16.2. The van der Waals surface area contributed by atoms with Crippen molar-refractivity contribution in [1.82, 2.24) is 4.90 Å². The third-order valence-electron chi connectivity index (χ3n) is 3.88. The molecule has 1 aliphatic rings. The molecule has 0 bridgehead atoms. The quantitative estimate of drug-likeness (QED) is 0.731. The van der Waals surface area contributed by atoms with Crippen LogP contribution in [0.5, 0.6) is 0 Å². The van der Waals surface area contributed by atoms with Gasteiger partial charge in [0, 0.05) is 13.0 Å². The summed E-state index contributed by atoms with van der Waals surface area (Å²) in [6.07, 6.45) is 1.04. The molecule has 0 aliphatic carbocycles. The number of imide groups is 1. The monoisotopic (exact) mass is 226 g/mol. The molecule has 1 rings (SSSR count). The molecule has 1 aliphatic heterocycles. The van der Waals surface area contributed by atoms with Gasteiger partial charge in [-0.25, -0.2) is 0 Å². The summed E-state index contributed by atoms with van der Waals surface area (Å²) in [4.78, 5) is 25.6. The molecule has 0 aromatic carbocycles. The van der Waals surface area contributed by atoms with Crippen molar-refractivity contribution in [3.8, 4) is 0 Å². The Balaban J connectivity index is 2.99. The maximum absolute atomic E-state index is 12.3. The number of nitrogens with zero attached hydrogens (tertiary/aromatic N) is 1. The van der Waals surface area contributed by atoms with E-state index in [4.69, 9.17) is 5.73 Å². The molecule has 0 spiro atoms. The molecular weight excluding hydrogens is 204 g/mol. The van der Waals surface area contributed by atoms with Crippen LogP contribution in [0.4, 0.5) is 0 Å². The van der Waals surface area contributed by atoms with Gasteiger partial charge in [-0.05, 0) is 19.3 Å². The fourth-order valence-electron chi connectivity index (χ4n) is 2.14. The van der Waals surface area contributed by atoms with Crippen molar-refractivity contribution < 1.29 is 9.59 Å². The van der Waals surface area contributed by atoms with Crippen molar-refractivity contribution in [3.63, 3.8) is 0 Å². The number of amides is 2. The predicted octanol–water partition coefficient (Wildman–Crippen LogP) is 1.14. The van der Waals surface area contributed by atoms with E-state index < -0.39 is 5.41 Å². The summed E-state index contributed by atoms with van der Waals surface area (Å²) in [6.45, 7) is 8.14. The van der Waals surface area contributed by atoms with Gasteiger partial charge in [0.05, 0.1) is 11.5 Å². The molecule has 4 nitrogen and oxygen atoms in total. The highest BCUT2D eigenvalue weighted by Gasteiger charge is 2.51. The third kappa shape index (κ3) is 1.86. The van der Waals surface area contributed by atoms with Gasteiger partial charge >= 0.3 is 0 Å². The Bertz CT molecular complexity index is 297. The van der Waals surface area contributed by atoms with Crippen LogP contribution in [0.2, 0.25) is 0 Å². The molecular formula is C12H22N2O2. The largest absolute Gasteiger partial charge is 0.328 e. The third-order valence-corrected chi connectivity index (χ3v) is 3.88. The summed E-state index contributed by atoms with van der Waals surface area (Å²) in [5.41, 5.74) is 5.06. The minimum Gasteiger partial charge on any atom is -0.328 e.